The van der Waals surface area contributed by atoms with E-state index in [1.165, 1.54) is 0 Å². The quantitative estimate of drug-likeness (QED) is 0.787. The lowest BCUT2D eigenvalue weighted by atomic mass is 9.71. The summed E-state index contributed by atoms with van der Waals surface area (Å²) in [4.78, 5) is 28.9. The number of methoxy groups -OCH3 is 1. The standard InChI is InChI=1S/C23H25ClN2O3/c1-29-14-13-26-22(28)19-10-3-2-9-18(19)20(23(26)11-4-5-12-23)21(27)25-17-8-6-7-16(24)15-17/h2-3,6-10,15,20H,4-5,11-14H2,1H3,(H,25,27)/t20-/m0/s1. The summed E-state index contributed by atoms with van der Waals surface area (Å²) in [5, 5.41) is 3.61. The van der Waals surface area contributed by atoms with Crippen molar-refractivity contribution in [2.75, 3.05) is 25.6 Å². The molecule has 1 aliphatic carbocycles. The first-order valence-corrected chi connectivity index (χ1v) is 10.4. The molecule has 0 saturated heterocycles. The minimum Gasteiger partial charge on any atom is -0.383 e. The summed E-state index contributed by atoms with van der Waals surface area (Å²) in [6, 6.07) is 14.6. The normalized spacial score (nSPS) is 20.0. The molecule has 1 saturated carbocycles. The van der Waals surface area contributed by atoms with Crippen LogP contribution in [0.2, 0.25) is 5.02 Å². The van der Waals surface area contributed by atoms with E-state index in [0.717, 1.165) is 31.2 Å². The maximum absolute atomic E-state index is 13.6. The Morgan fingerprint density at radius 1 is 1.21 bits per heavy atom. The van der Waals surface area contributed by atoms with Crippen LogP contribution in [0.1, 0.15) is 47.5 Å². The molecule has 0 unspecified atom stereocenters. The Morgan fingerprint density at radius 2 is 1.97 bits per heavy atom. The number of carbonyl (C=O) groups excluding carboxylic acids is 2. The van der Waals surface area contributed by atoms with Crippen molar-refractivity contribution in [1.29, 1.82) is 0 Å². The Hall–Kier alpha value is -2.37. The minimum atomic E-state index is -0.521. The van der Waals surface area contributed by atoms with Crippen molar-refractivity contribution in [2.45, 2.75) is 37.1 Å². The zero-order valence-electron chi connectivity index (χ0n) is 16.5. The molecule has 152 valence electrons. The van der Waals surface area contributed by atoms with E-state index in [-0.39, 0.29) is 11.8 Å². The van der Waals surface area contributed by atoms with Gasteiger partial charge in [0.05, 0.1) is 18.1 Å². The minimum absolute atomic E-state index is 0.00800. The maximum Gasteiger partial charge on any atom is 0.254 e. The highest BCUT2D eigenvalue weighted by molar-refractivity contribution is 6.30. The lowest BCUT2D eigenvalue weighted by Gasteiger charge is -2.50. The van der Waals surface area contributed by atoms with Gasteiger partial charge in [-0.1, -0.05) is 48.7 Å². The number of nitrogens with zero attached hydrogens (tertiary/aromatic N) is 1. The molecule has 2 amide bonds. The lowest BCUT2D eigenvalue weighted by molar-refractivity contribution is -0.121. The molecule has 0 radical (unpaired) electrons. The van der Waals surface area contributed by atoms with Gasteiger partial charge in [0.1, 0.15) is 0 Å². The van der Waals surface area contributed by atoms with Crippen molar-refractivity contribution in [3.8, 4) is 0 Å². The number of carbonyl (C=O) groups is 2. The van der Waals surface area contributed by atoms with E-state index in [0.29, 0.717) is 29.4 Å². The zero-order chi connectivity index (χ0) is 20.4. The van der Waals surface area contributed by atoms with Crippen LogP contribution >= 0.6 is 11.6 Å². The molecule has 5 nitrogen and oxygen atoms in total. The van der Waals surface area contributed by atoms with Crippen LogP contribution in [0, 0.1) is 0 Å². The fourth-order valence-electron chi connectivity index (χ4n) is 4.95. The Bertz CT molecular complexity index is 924. The molecule has 1 N–H and O–H groups in total. The Kier molecular flexibility index (Phi) is 5.61. The van der Waals surface area contributed by atoms with Gasteiger partial charge in [0.2, 0.25) is 5.91 Å². The van der Waals surface area contributed by atoms with Crippen molar-refractivity contribution in [3.05, 3.63) is 64.7 Å². The molecular weight excluding hydrogens is 388 g/mol. The van der Waals surface area contributed by atoms with Crippen molar-refractivity contribution in [1.82, 2.24) is 4.90 Å². The zero-order valence-corrected chi connectivity index (χ0v) is 17.2. The van der Waals surface area contributed by atoms with Crippen LogP contribution < -0.4 is 5.32 Å². The molecule has 2 aliphatic rings. The molecule has 1 aliphatic heterocycles. The summed E-state index contributed by atoms with van der Waals surface area (Å²) in [6.07, 6.45) is 3.62. The van der Waals surface area contributed by atoms with E-state index < -0.39 is 11.5 Å². The Morgan fingerprint density at radius 3 is 2.69 bits per heavy atom. The summed E-state index contributed by atoms with van der Waals surface area (Å²) in [5.41, 5.74) is 1.56. The summed E-state index contributed by atoms with van der Waals surface area (Å²) >= 11 is 6.10. The molecule has 0 bridgehead atoms. The molecule has 4 rings (SSSR count). The largest absolute Gasteiger partial charge is 0.383 e. The Labute approximate surface area is 176 Å². The molecular formula is C23H25ClN2O3. The molecule has 1 fully saturated rings. The van der Waals surface area contributed by atoms with E-state index in [9.17, 15) is 9.59 Å². The van der Waals surface area contributed by atoms with E-state index >= 15 is 0 Å². The number of halogens is 1. The third-order valence-electron chi connectivity index (χ3n) is 6.17. The monoisotopic (exact) mass is 412 g/mol. The third-order valence-corrected chi connectivity index (χ3v) is 6.40. The summed E-state index contributed by atoms with van der Waals surface area (Å²) in [5.74, 6) is -0.544. The van der Waals surface area contributed by atoms with E-state index in [2.05, 4.69) is 5.32 Å². The second-order valence-electron chi connectivity index (χ2n) is 7.78. The van der Waals surface area contributed by atoms with Gasteiger partial charge >= 0.3 is 0 Å². The predicted molar refractivity (Wildman–Crippen MR) is 113 cm³/mol. The average Bonchev–Trinajstić information content (AvgIpc) is 3.18. The molecule has 0 aromatic heterocycles. The fraction of sp³-hybridized carbons (Fsp3) is 0.391. The lowest BCUT2D eigenvalue weighted by Crippen LogP contribution is -2.60. The summed E-state index contributed by atoms with van der Waals surface area (Å²) in [6.45, 7) is 0.920. The third kappa shape index (κ3) is 3.53. The number of ether oxygens (including phenoxy) is 1. The number of rotatable bonds is 5. The van der Waals surface area contributed by atoms with Gasteiger partial charge in [0.25, 0.3) is 5.91 Å². The van der Waals surface area contributed by atoms with Crippen LogP contribution in [-0.2, 0) is 9.53 Å². The maximum atomic E-state index is 13.6. The highest BCUT2D eigenvalue weighted by Crippen LogP contribution is 2.50. The van der Waals surface area contributed by atoms with Gasteiger partial charge in [-0.15, -0.1) is 0 Å². The van der Waals surface area contributed by atoms with E-state index in [4.69, 9.17) is 16.3 Å². The number of amides is 2. The molecule has 1 heterocycles. The van der Waals surface area contributed by atoms with E-state index in [1.807, 2.05) is 41.3 Å². The van der Waals surface area contributed by atoms with Crippen LogP contribution in [0.15, 0.2) is 48.5 Å². The number of benzene rings is 2. The van der Waals surface area contributed by atoms with Crippen molar-refractivity contribution in [2.24, 2.45) is 0 Å². The van der Waals surface area contributed by atoms with Gasteiger partial charge in [-0.2, -0.15) is 0 Å². The first-order valence-electron chi connectivity index (χ1n) is 10.0. The van der Waals surface area contributed by atoms with Crippen molar-refractivity contribution < 1.29 is 14.3 Å². The Balaban J connectivity index is 1.78. The van der Waals surface area contributed by atoms with Crippen LogP contribution in [0.5, 0.6) is 0 Å². The molecule has 2 aromatic carbocycles. The van der Waals surface area contributed by atoms with Gasteiger partial charge in [0, 0.05) is 29.9 Å². The fourth-order valence-corrected chi connectivity index (χ4v) is 5.15. The molecule has 1 spiro atoms. The predicted octanol–water partition coefficient (Wildman–Crippen LogP) is 4.48. The van der Waals surface area contributed by atoms with Crippen molar-refractivity contribution in [3.63, 3.8) is 0 Å². The first kappa shape index (κ1) is 19.9. The first-order chi connectivity index (χ1) is 14.1. The van der Waals surface area contributed by atoms with Crippen LogP contribution in [0.4, 0.5) is 5.69 Å². The van der Waals surface area contributed by atoms with Gasteiger partial charge in [-0.3, -0.25) is 9.59 Å². The molecule has 2 aromatic rings. The number of fused-ring (bicyclic) bond motifs is 1. The van der Waals surface area contributed by atoms with Crippen LogP contribution in [0.25, 0.3) is 0 Å². The summed E-state index contributed by atoms with van der Waals surface area (Å²) in [7, 11) is 1.63. The number of hydrogen-bond donors (Lipinski definition) is 1. The second kappa shape index (κ2) is 8.17. The van der Waals surface area contributed by atoms with Gasteiger partial charge in [-0.05, 0) is 42.7 Å². The average molecular weight is 413 g/mol. The second-order valence-corrected chi connectivity index (χ2v) is 8.22. The number of hydrogen-bond acceptors (Lipinski definition) is 3. The van der Waals surface area contributed by atoms with Crippen molar-refractivity contribution >= 4 is 29.1 Å². The SMILES string of the molecule is COCCN1C(=O)c2ccccc2[C@@H](C(=O)Nc2cccc(Cl)c2)C12CCCC2. The van der Waals surface area contributed by atoms with Gasteiger partial charge in [-0.25, -0.2) is 0 Å². The molecule has 6 heteroatoms. The van der Waals surface area contributed by atoms with Crippen LogP contribution in [0.3, 0.4) is 0 Å². The number of anilines is 1. The smallest absolute Gasteiger partial charge is 0.254 e. The molecule has 29 heavy (non-hydrogen) atoms. The molecule has 1 atom stereocenters. The topological polar surface area (TPSA) is 58.6 Å². The van der Waals surface area contributed by atoms with Gasteiger partial charge < -0.3 is 15.0 Å². The highest BCUT2D eigenvalue weighted by atomic mass is 35.5. The van der Waals surface area contributed by atoms with E-state index in [1.54, 1.807) is 19.2 Å². The number of nitrogens with one attached hydrogen (secondary N) is 1. The summed E-state index contributed by atoms with van der Waals surface area (Å²) < 4.78 is 5.28. The van der Waals surface area contributed by atoms with Crippen LogP contribution in [-0.4, -0.2) is 42.5 Å². The highest BCUT2D eigenvalue weighted by Gasteiger charge is 2.55. The van der Waals surface area contributed by atoms with Gasteiger partial charge in [0.15, 0.2) is 0 Å².